The molecular weight excluding hydrogens is 530 g/mol. The van der Waals surface area contributed by atoms with Gasteiger partial charge in [0.15, 0.2) is 0 Å². The number of aromatic nitrogens is 9. The summed E-state index contributed by atoms with van der Waals surface area (Å²) in [7, 11) is 7.96. The van der Waals surface area contributed by atoms with Gasteiger partial charge in [-0.3, -0.25) is 0 Å². The number of hydrogen-bond donors (Lipinski definition) is 3. The summed E-state index contributed by atoms with van der Waals surface area (Å²) in [5, 5.41) is 19.5. The quantitative estimate of drug-likeness (QED) is 0.259. The van der Waals surface area contributed by atoms with Crippen molar-refractivity contribution in [3.8, 4) is 28.5 Å². The van der Waals surface area contributed by atoms with E-state index in [1.54, 1.807) is 0 Å². The van der Waals surface area contributed by atoms with E-state index in [1.165, 1.54) is 0 Å². The first-order chi connectivity index (χ1) is 20.3. The minimum Gasteiger partial charge on any atom is -0.479 e. The van der Waals surface area contributed by atoms with E-state index in [0.29, 0.717) is 11.6 Å². The van der Waals surface area contributed by atoms with Crippen molar-refractivity contribution in [2.45, 2.75) is 0 Å². The smallest absolute Gasteiger partial charge is 0.320 e. The first-order valence-electron chi connectivity index (χ1n) is 13.4. The van der Waals surface area contributed by atoms with E-state index in [2.05, 4.69) is 32.7 Å². The Bertz CT molecular complexity index is 2120. The summed E-state index contributed by atoms with van der Waals surface area (Å²) in [5.74, 6) is 2.55. The summed E-state index contributed by atoms with van der Waals surface area (Å²) in [6.45, 7) is 0. The van der Waals surface area contributed by atoms with Crippen LogP contribution in [0, 0.1) is 0 Å². The number of hydrogen-bond acceptors (Lipinski definition) is 7. The van der Waals surface area contributed by atoms with E-state index in [-0.39, 0.29) is 6.01 Å². The standard InChI is InChI=1S/C30H27N11O/c1-37-13-19(21(15-37)31-23-7-5-11-39(23)3)25-17-9-10-18-26(34-29-36-30(42)35-28(33-25)41(29)27(17)18)20-14-38(2)16-22(20)32-24-8-6-12-40(24)4/h5-16,31-32H,1-4H3,(H,33,34,35,36,42). The Morgan fingerprint density at radius 1 is 0.619 bits per heavy atom. The molecule has 0 aliphatic heterocycles. The van der Waals surface area contributed by atoms with E-state index < -0.39 is 0 Å². The van der Waals surface area contributed by atoms with Crippen molar-refractivity contribution in [2.24, 2.45) is 28.2 Å². The van der Waals surface area contributed by atoms with Gasteiger partial charge in [0.25, 0.3) is 0 Å². The number of nitrogens with one attached hydrogen (secondary N) is 2. The molecule has 0 aliphatic rings. The Balaban J connectivity index is 1.38. The molecule has 0 saturated heterocycles. The molecule has 0 fully saturated rings. The van der Waals surface area contributed by atoms with Gasteiger partial charge in [-0.05, 0) is 36.4 Å². The van der Waals surface area contributed by atoms with Crippen LogP contribution >= 0.6 is 0 Å². The van der Waals surface area contributed by atoms with E-state index in [0.717, 1.165) is 61.8 Å². The monoisotopic (exact) mass is 557 g/mol. The molecule has 8 rings (SSSR count). The van der Waals surface area contributed by atoms with Crippen molar-refractivity contribution in [1.82, 2.24) is 42.6 Å². The Morgan fingerprint density at radius 2 is 1.10 bits per heavy atom. The van der Waals surface area contributed by atoms with Crippen molar-refractivity contribution in [3.05, 3.63) is 73.6 Å². The van der Waals surface area contributed by atoms with Crippen molar-refractivity contribution in [2.75, 3.05) is 10.6 Å². The highest BCUT2D eigenvalue weighted by atomic mass is 16.3. The summed E-state index contributed by atoms with van der Waals surface area (Å²) >= 11 is 0. The zero-order chi connectivity index (χ0) is 28.7. The van der Waals surface area contributed by atoms with Crippen LogP contribution in [-0.2, 0) is 28.2 Å². The topological polar surface area (TPSA) is 120 Å². The molecular formula is C30H27N11O. The highest BCUT2D eigenvalue weighted by Crippen LogP contribution is 2.42. The van der Waals surface area contributed by atoms with E-state index in [4.69, 9.17) is 9.97 Å². The van der Waals surface area contributed by atoms with Gasteiger partial charge in [0.1, 0.15) is 11.6 Å². The summed E-state index contributed by atoms with van der Waals surface area (Å²) in [6.07, 6.45) is 12.1. The van der Waals surface area contributed by atoms with Crippen LogP contribution in [0.5, 0.6) is 6.01 Å². The van der Waals surface area contributed by atoms with Gasteiger partial charge < -0.3 is 34.0 Å². The molecule has 0 atom stereocenters. The van der Waals surface area contributed by atoms with Gasteiger partial charge in [-0.1, -0.05) is 0 Å². The Kier molecular flexibility index (Phi) is 4.93. The molecule has 3 N–H and O–H groups in total. The van der Waals surface area contributed by atoms with Crippen LogP contribution in [0.4, 0.5) is 23.0 Å². The first-order valence-corrected chi connectivity index (χ1v) is 13.4. The molecule has 0 saturated carbocycles. The van der Waals surface area contributed by atoms with Gasteiger partial charge in [-0.2, -0.15) is 9.97 Å². The molecule has 1 aromatic carbocycles. The van der Waals surface area contributed by atoms with Gasteiger partial charge in [0.2, 0.25) is 11.6 Å². The van der Waals surface area contributed by atoms with Crippen molar-refractivity contribution >= 4 is 50.9 Å². The lowest BCUT2D eigenvalue weighted by Gasteiger charge is -2.14. The van der Waals surface area contributed by atoms with Gasteiger partial charge >= 0.3 is 6.01 Å². The van der Waals surface area contributed by atoms with Crippen LogP contribution in [0.3, 0.4) is 0 Å². The lowest BCUT2D eigenvalue weighted by Crippen LogP contribution is -2.07. The van der Waals surface area contributed by atoms with Crippen LogP contribution in [0.25, 0.3) is 50.4 Å². The highest BCUT2D eigenvalue weighted by molar-refractivity contribution is 6.12. The predicted molar refractivity (Wildman–Crippen MR) is 163 cm³/mol. The lowest BCUT2D eigenvalue weighted by molar-refractivity contribution is 0.431. The Hall–Kier alpha value is -5.78. The van der Waals surface area contributed by atoms with Crippen molar-refractivity contribution in [3.63, 3.8) is 0 Å². The highest BCUT2D eigenvalue weighted by Gasteiger charge is 2.24. The van der Waals surface area contributed by atoms with Gasteiger partial charge in [-0.25, -0.2) is 14.4 Å². The average Bonchev–Trinajstić information content (AvgIpc) is 3.78. The number of anilines is 4. The summed E-state index contributed by atoms with van der Waals surface area (Å²) < 4.78 is 9.87. The molecule has 7 aromatic heterocycles. The maximum Gasteiger partial charge on any atom is 0.320 e. The Morgan fingerprint density at radius 3 is 1.52 bits per heavy atom. The summed E-state index contributed by atoms with van der Waals surface area (Å²) in [4.78, 5) is 18.5. The molecule has 42 heavy (non-hydrogen) atoms. The van der Waals surface area contributed by atoms with E-state index in [1.807, 2.05) is 112 Å². The van der Waals surface area contributed by atoms with E-state index in [9.17, 15) is 5.11 Å². The molecule has 0 amide bonds. The van der Waals surface area contributed by atoms with Gasteiger partial charge in [0, 0.05) is 87.3 Å². The van der Waals surface area contributed by atoms with Gasteiger partial charge in [-0.15, -0.1) is 0 Å². The van der Waals surface area contributed by atoms with Crippen LogP contribution in [0.1, 0.15) is 0 Å². The zero-order valence-electron chi connectivity index (χ0n) is 23.4. The SMILES string of the molecule is Cn1cc(Nc2cccn2C)c(-c2nc3nc(O)nc4nc(-c5cn(C)cc5Nc5cccn5C)c5ccc2c5n34)c1. The molecule has 0 unspecified atom stereocenters. The molecule has 8 aromatic rings. The maximum absolute atomic E-state index is 10.5. The van der Waals surface area contributed by atoms with Crippen molar-refractivity contribution in [1.29, 1.82) is 0 Å². The minimum atomic E-state index is -0.383. The first kappa shape index (κ1) is 24.1. The summed E-state index contributed by atoms with van der Waals surface area (Å²) in [6, 6.07) is 11.8. The molecule has 0 spiro atoms. The minimum absolute atomic E-state index is 0.319. The lowest BCUT2D eigenvalue weighted by atomic mass is 10.1. The number of nitrogens with zero attached hydrogens (tertiary/aromatic N) is 9. The van der Waals surface area contributed by atoms with Crippen molar-refractivity contribution < 1.29 is 5.11 Å². The van der Waals surface area contributed by atoms with Crippen LogP contribution in [0.15, 0.2) is 73.6 Å². The molecule has 208 valence electrons. The number of aryl methyl sites for hydroxylation is 4. The summed E-state index contributed by atoms with van der Waals surface area (Å²) in [5.41, 5.74) is 6.00. The third-order valence-corrected chi connectivity index (χ3v) is 7.72. The van der Waals surface area contributed by atoms with Gasteiger partial charge in [0.05, 0.1) is 28.3 Å². The zero-order valence-corrected chi connectivity index (χ0v) is 23.4. The average molecular weight is 558 g/mol. The Labute approximate surface area is 239 Å². The molecule has 0 aliphatic carbocycles. The molecule has 0 radical (unpaired) electrons. The second kappa shape index (κ2) is 8.61. The fourth-order valence-electron chi connectivity index (χ4n) is 5.77. The molecule has 12 heteroatoms. The fraction of sp³-hybridized carbons (Fsp3) is 0.133. The number of aromatic hydroxyl groups is 1. The fourth-order valence-corrected chi connectivity index (χ4v) is 5.77. The molecule has 12 nitrogen and oxygen atoms in total. The third-order valence-electron chi connectivity index (χ3n) is 7.72. The second-order valence-corrected chi connectivity index (χ2v) is 10.6. The molecule has 0 bridgehead atoms. The number of rotatable bonds is 6. The van der Waals surface area contributed by atoms with Crippen LogP contribution < -0.4 is 10.6 Å². The van der Waals surface area contributed by atoms with Crippen LogP contribution in [-0.4, -0.2) is 47.7 Å². The normalized spacial score (nSPS) is 11.9. The third kappa shape index (κ3) is 3.54. The van der Waals surface area contributed by atoms with Crippen LogP contribution in [0.2, 0.25) is 0 Å². The van der Waals surface area contributed by atoms with E-state index >= 15 is 0 Å². The second-order valence-electron chi connectivity index (χ2n) is 10.6. The maximum atomic E-state index is 10.5. The molecule has 7 heterocycles. The predicted octanol–water partition coefficient (Wildman–Crippen LogP) is 5.14. The largest absolute Gasteiger partial charge is 0.479 e.